The number of rotatable bonds is 7. The molecule has 1 unspecified atom stereocenters. The van der Waals surface area contributed by atoms with Crippen LogP contribution in [0, 0.1) is 12.7 Å². The fourth-order valence-corrected chi connectivity index (χ4v) is 4.86. The summed E-state index contributed by atoms with van der Waals surface area (Å²) in [6, 6.07) is 13.9. The van der Waals surface area contributed by atoms with Crippen LogP contribution in [0.4, 0.5) is 10.3 Å². The quantitative estimate of drug-likeness (QED) is 0.488. The van der Waals surface area contributed by atoms with Gasteiger partial charge in [0.25, 0.3) is 5.91 Å². The molecule has 0 spiro atoms. The lowest BCUT2D eigenvalue weighted by Gasteiger charge is -2.33. The second-order valence-electron chi connectivity index (χ2n) is 9.80. The lowest BCUT2D eigenvalue weighted by molar-refractivity contribution is 0.0507. The van der Waals surface area contributed by atoms with E-state index in [4.69, 9.17) is 9.26 Å². The van der Waals surface area contributed by atoms with E-state index in [2.05, 4.69) is 22.0 Å². The number of aromatic nitrogens is 1. The van der Waals surface area contributed by atoms with Crippen molar-refractivity contribution in [3.63, 3.8) is 0 Å². The van der Waals surface area contributed by atoms with Crippen LogP contribution in [0.15, 0.2) is 53.1 Å². The SMILES string of the molecule is Cc1ccc(C(=O)N(Cc2c(-c3ccc(F)cc3)noc2N2CCN(C)CC2)CC2CCCO2)cc1. The number of piperazine rings is 1. The molecule has 0 radical (unpaired) electrons. The summed E-state index contributed by atoms with van der Waals surface area (Å²) in [6.45, 7) is 6.97. The highest BCUT2D eigenvalue weighted by atomic mass is 19.1. The van der Waals surface area contributed by atoms with Crippen LogP contribution in [-0.2, 0) is 11.3 Å². The van der Waals surface area contributed by atoms with Crippen molar-refractivity contribution in [1.29, 1.82) is 0 Å². The molecule has 1 amide bonds. The summed E-state index contributed by atoms with van der Waals surface area (Å²) in [4.78, 5) is 20.1. The molecule has 2 aromatic carbocycles. The molecule has 0 bridgehead atoms. The van der Waals surface area contributed by atoms with E-state index in [-0.39, 0.29) is 17.8 Å². The van der Waals surface area contributed by atoms with Crippen molar-refractivity contribution >= 4 is 11.8 Å². The minimum atomic E-state index is -0.308. The number of aryl methyl sites for hydroxylation is 1. The van der Waals surface area contributed by atoms with E-state index >= 15 is 0 Å². The largest absolute Gasteiger partial charge is 0.376 e. The summed E-state index contributed by atoms with van der Waals surface area (Å²) in [7, 11) is 2.10. The molecule has 0 aliphatic carbocycles. The Kier molecular flexibility index (Phi) is 7.34. The number of ether oxygens (including phenoxy) is 1. The molecule has 2 aliphatic rings. The fraction of sp³-hybridized carbons (Fsp3) is 0.429. The molecule has 1 atom stereocenters. The molecular weight excluding hydrogens is 459 g/mol. The molecule has 5 rings (SSSR count). The zero-order valence-electron chi connectivity index (χ0n) is 21.0. The van der Waals surface area contributed by atoms with Crippen molar-refractivity contribution in [2.75, 3.05) is 51.3 Å². The van der Waals surface area contributed by atoms with E-state index in [1.165, 1.54) is 12.1 Å². The number of benzene rings is 2. The Labute approximate surface area is 211 Å². The summed E-state index contributed by atoms with van der Waals surface area (Å²) in [6.07, 6.45) is 1.93. The Morgan fingerprint density at radius 2 is 1.81 bits per heavy atom. The van der Waals surface area contributed by atoms with Gasteiger partial charge in [-0.3, -0.25) is 4.79 Å². The number of nitrogens with zero attached hydrogens (tertiary/aromatic N) is 4. The maximum Gasteiger partial charge on any atom is 0.254 e. The predicted octanol–water partition coefficient (Wildman–Crippen LogP) is 4.36. The zero-order chi connectivity index (χ0) is 25.1. The van der Waals surface area contributed by atoms with Crippen LogP contribution >= 0.6 is 0 Å². The summed E-state index contributed by atoms with van der Waals surface area (Å²) in [5.74, 6) is 0.315. The third-order valence-corrected chi connectivity index (χ3v) is 7.06. The summed E-state index contributed by atoms with van der Waals surface area (Å²) >= 11 is 0. The molecule has 0 saturated carbocycles. The molecule has 2 aliphatic heterocycles. The number of carbonyl (C=O) groups is 1. The van der Waals surface area contributed by atoms with Gasteiger partial charge in [0.2, 0.25) is 5.88 Å². The molecule has 8 heteroatoms. The first-order valence-electron chi connectivity index (χ1n) is 12.6. The van der Waals surface area contributed by atoms with E-state index in [1.54, 1.807) is 12.1 Å². The number of amides is 1. The number of hydrogen-bond acceptors (Lipinski definition) is 6. The van der Waals surface area contributed by atoms with Gasteiger partial charge in [-0.1, -0.05) is 22.9 Å². The molecular formula is C28H33FN4O3. The van der Waals surface area contributed by atoms with E-state index in [0.717, 1.165) is 62.3 Å². The van der Waals surface area contributed by atoms with Gasteiger partial charge in [0, 0.05) is 50.5 Å². The maximum atomic E-state index is 13.7. The van der Waals surface area contributed by atoms with Gasteiger partial charge in [-0.25, -0.2) is 4.39 Å². The van der Waals surface area contributed by atoms with Crippen molar-refractivity contribution in [3.8, 4) is 11.3 Å². The number of hydrogen-bond donors (Lipinski definition) is 0. The van der Waals surface area contributed by atoms with Gasteiger partial charge in [-0.15, -0.1) is 0 Å². The Morgan fingerprint density at radius 1 is 1.08 bits per heavy atom. The summed E-state index contributed by atoms with van der Waals surface area (Å²) in [5, 5.41) is 4.42. The van der Waals surface area contributed by atoms with Gasteiger partial charge < -0.3 is 24.0 Å². The minimum Gasteiger partial charge on any atom is -0.376 e. The molecule has 3 aromatic rings. The van der Waals surface area contributed by atoms with Crippen molar-refractivity contribution in [1.82, 2.24) is 15.0 Å². The van der Waals surface area contributed by atoms with Crippen molar-refractivity contribution in [3.05, 3.63) is 71.0 Å². The van der Waals surface area contributed by atoms with Gasteiger partial charge >= 0.3 is 0 Å². The highest BCUT2D eigenvalue weighted by molar-refractivity contribution is 5.94. The first-order valence-corrected chi connectivity index (χ1v) is 12.6. The lowest BCUT2D eigenvalue weighted by Crippen LogP contribution is -2.45. The van der Waals surface area contributed by atoms with Crippen LogP contribution in [0.2, 0.25) is 0 Å². The summed E-state index contributed by atoms with van der Waals surface area (Å²) in [5.41, 5.74) is 3.98. The van der Waals surface area contributed by atoms with E-state index in [9.17, 15) is 9.18 Å². The standard InChI is InChI=1S/C28H33FN4O3/c1-20-5-7-22(8-6-20)27(34)33(18-24-4-3-17-35-24)19-25-26(21-9-11-23(29)12-10-21)30-36-28(25)32-15-13-31(2)14-16-32/h5-12,24H,3-4,13-19H2,1-2H3. The van der Waals surface area contributed by atoms with E-state index in [1.807, 2.05) is 36.1 Å². The molecule has 1 aromatic heterocycles. The highest BCUT2D eigenvalue weighted by Gasteiger charge is 2.30. The van der Waals surface area contributed by atoms with Crippen molar-refractivity contribution in [2.24, 2.45) is 0 Å². The Balaban J connectivity index is 1.51. The second-order valence-corrected chi connectivity index (χ2v) is 9.80. The van der Waals surface area contributed by atoms with Gasteiger partial charge in [-0.05, 0) is 63.2 Å². The fourth-order valence-electron chi connectivity index (χ4n) is 4.86. The normalized spacial score (nSPS) is 18.5. The molecule has 36 heavy (non-hydrogen) atoms. The van der Waals surface area contributed by atoms with Gasteiger partial charge in [0.05, 0.1) is 18.2 Å². The molecule has 7 nitrogen and oxygen atoms in total. The first-order chi connectivity index (χ1) is 17.5. The van der Waals surface area contributed by atoms with Crippen LogP contribution < -0.4 is 4.90 Å². The highest BCUT2D eigenvalue weighted by Crippen LogP contribution is 2.34. The third kappa shape index (κ3) is 5.44. The first kappa shape index (κ1) is 24.5. The minimum absolute atomic E-state index is 0.000570. The van der Waals surface area contributed by atoms with Crippen molar-refractivity contribution < 1.29 is 18.4 Å². The Bertz CT molecular complexity index is 1160. The smallest absolute Gasteiger partial charge is 0.254 e. The molecule has 3 heterocycles. The Morgan fingerprint density at radius 3 is 2.47 bits per heavy atom. The second kappa shape index (κ2) is 10.8. The average molecular weight is 493 g/mol. The van der Waals surface area contributed by atoms with Crippen LogP contribution in [-0.4, -0.2) is 73.3 Å². The van der Waals surface area contributed by atoms with Gasteiger partial charge in [0.15, 0.2) is 0 Å². The van der Waals surface area contributed by atoms with Crippen LogP contribution in [0.5, 0.6) is 0 Å². The monoisotopic (exact) mass is 492 g/mol. The summed E-state index contributed by atoms with van der Waals surface area (Å²) < 4.78 is 25.5. The Hall–Kier alpha value is -3.23. The zero-order valence-corrected chi connectivity index (χ0v) is 21.0. The predicted molar refractivity (Wildman–Crippen MR) is 137 cm³/mol. The number of anilines is 1. The lowest BCUT2D eigenvalue weighted by atomic mass is 10.0. The molecule has 0 N–H and O–H groups in total. The number of halogens is 1. The topological polar surface area (TPSA) is 62.1 Å². The van der Waals surface area contributed by atoms with Crippen molar-refractivity contribution in [2.45, 2.75) is 32.4 Å². The molecule has 2 fully saturated rings. The maximum absolute atomic E-state index is 13.7. The number of carbonyl (C=O) groups excluding carboxylic acids is 1. The van der Waals surface area contributed by atoms with E-state index in [0.29, 0.717) is 30.2 Å². The van der Waals surface area contributed by atoms with E-state index < -0.39 is 0 Å². The van der Waals surface area contributed by atoms with Gasteiger partial charge in [0.1, 0.15) is 11.5 Å². The third-order valence-electron chi connectivity index (χ3n) is 7.06. The average Bonchev–Trinajstić information content (AvgIpc) is 3.55. The van der Waals surface area contributed by atoms with Crippen LogP contribution in [0.25, 0.3) is 11.3 Å². The number of likely N-dealkylation sites (N-methyl/N-ethyl adjacent to an activating group) is 1. The molecule has 2 saturated heterocycles. The van der Waals surface area contributed by atoms with Crippen LogP contribution in [0.3, 0.4) is 0 Å². The molecule has 190 valence electrons. The van der Waals surface area contributed by atoms with Gasteiger partial charge in [-0.2, -0.15) is 0 Å². The van der Waals surface area contributed by atoms with Crippen LogP contribution in [0.1, 0.15) is 34.3 Å².